The van der Waals surface area contributed by atoms with Crippen molar-refractivity contribution in [3.63, 3.8) is 0 Å². The van der Waals surface area contributed by atoms with Crippen LogP contribution in [0.15, 0.2) is 18.2 Å². The predicted molar refractivity (Wildman–Crippen MR) is 61.1 cm³/mol. The number of methoxy groups -OCH3 is 1. The standard InChI is InChI=1S/C11H16O2S/c1-8-6-9(13-2)4-5-10(8)11(12)7-14-3/h4-6,11-12H,7H2,1-3H3. The van der Waals surface area contributed by atoms with E-state index in [1.165, 1.54) is 0 Å². The van der Waals surface area contributed by atoms with Crippen LogP contribution in [0.5, 0.6) is 5.75 Å². The van der Waals surface area contributed by atoms with Gasteiger partial charge < -0.3 is 9.84 Å². The molecule has 78 valence electrons. The molecule has 3 heteroatoms. The van der Waals surface area contributed by atoms with E-state index >= 15 is 0 Å². The number of ether oxygens (including phenoxy) is 1. The molecule has 1 N–H and O–H groups in total. The smallest absolute Gasteiger partial charge is 0.119 e. The molecule has 1 aromatic carbocycles. The third kappa shape index (κ3) is 2.66. The Balaban J connectivity index is 2.88. The normalized spacial score (nSPS) is 12.6. The van der Waals surface area contributed by atoms with E-state index < -0.39 is 0 Å². The third-order valence-corrected chi connectivity index (χ3v) is 2.81. The molecule has 0 aliphatic carbocycles. The van der Waals surface area contributed by atoms with Crippen LogP contribution in [0.3, 0.4) is 0 Å². The van der Waals surface area contributed by atoms with E-state index in [9.17, 15) is 5.11 Å². The fourth-order valence-corrected chi connectivity index (χ4v) is 1.89. The van der Waals surface area contributed by atoms with Gasteiger partial charge in [-0.2, -0.15) is 11.8 Å². The molecule has 2 nitrogen and oxygen atoms in total. The molecule has 0 aromatic heterocycles. The summed E-state index contributed by atoms with van der Waals surface area (Å²) in [6.45, 7) is 1.99. The summed E-state index contributed by atoms with van der Waals surface area (Å²) in [4.78, 5) is 0. The monoisotopic (exact) mass is 212 g/mol. The van der Waals surface area contributed by atoms with E-state index in [0.717, 1.165) is 22.6 Å². The highest BCUT2D eigenvalue weighted by atomic mass is 32.2. The Morgan fingerprint density at radius 2 is 2.21 bits per heavy atom. The van der Waals surface area contributed by atoms with Crippen LogP contribution in [0.2, 0.25) is 0 Å². The Morgan fingerprint density at radius 3 is 2.71 bits per heavy atom. The van der Waals surface area contributed by atoms with Crippen molar-refractivity contribution in [3.8, 4) is 5.75 Å². The van der Waals surface area contributed by atoms with Crippen molar-refractivity contribution in [2.75, 3.05) is 19.1 Å². The second-order valence-corrected chi connectivity index (χ2v) is 4.10. The highest BCUT2D eigenvalue weighted by Crippen LogP contribution is 2.24. The van der Waals surface area contributed by atoms with Gasteiger partial charge in [-0.1, -0.05) is 6.07 Å². The minimum absolute atomic E-state index is 0.379. The maximum atomic E-state index is 9.80. The van der Waals surface area contributed by atoms with E-state index in [1.807, 2.05) is 31.4 Å². The Kier molecular flexibility index (Phi) is 4.29. The summed E-state index contributed by atoms with van der Waals surface area (Å²) in [5, 5.41) is 9.80. The number of rotatable bonds is 4. The first-order chi connectivity index (χ1) is 6.69. The largest absolute Gasteiger partial charge is 0.497 e. The minimum Gasteiger partial charge on any atom is -0.497 e. The Morgan fingerprint density at radius 1 is 1.50 bits per heavy atom. The highest BCUT2D eigenvalue weighted by Gasteiger charge is 2.09. The Bertz CT molecular complexity index is 299. The summed E-state index contributed by atoms with van der Waals surface area (Å²) in [5.41, 5.74) is 2.06. The second kappa shape index (κ2) is 5.27. The number of aliphatic hydroxyl groups excluding tert-OH is 1. The van der Waals surface area contributed by atoms with Gasteiger partial charge >= 0.3 is 0 Å². The van der Waals surface area contributed by atoms with E-state index in [0.29, 0.717) is 0 Å². The predicted octanol–water partition coefficient (Wildman–Crippen LogP) is 2.40. The zero-order chi connectivity index (χ0) is 10.6. The van der Waals surface area contributed by atoms with Crippen LogP contribution in [0.25, 0.3) is 0 Å². The van der Waals surface area contributed by atoms with Gasteiger partial charge in [-0.3, -0.25) is 0 Å². The molecular weight excluding hydrogens is 196 g/mol. The summed E-state index contributed by atoms with van der Waals surface area (Å²) in [7, 11) is 1.65. The number of aryl methyl sites for hydroxylation is 1. The van der Waals surface area contributed by atoms with Crippen molar-refractivity contribution in [2.24, 2.45) is 0 Å². The lowest BCUT2D eigenvalue weighted by Gasteiger charge is -2.13. The fourth-order valence-electron chi connectivity index (χ4n) is 1.40. The average molecular weight is 212 g/mol. The van der Waals surface area contributed by atoms with Gasteiger partial charge in [0.15, 0.2) is 0 Å². The maximum Gasteiger partial charge on any atom is 0.119 e. The van der Waals surface area contributed by atoms with Crippen molar-refractivity contribution in [1.29, 1.82) is 0 Å². The van der Waals surface area contributed by atoms with Crippen LogP contribution in [0.4, 0.5) is 0 Å². The minimum atomic E-state index is -0.379. The van der Waals surface area contributed by atoms with Crippen LogP contribution in [-0.2, 0) is 0 Å². The van der Waals surface area contributed by atoms with Crippen molar-refractivity contribution >= 4 is 11.8 Å². The lowest BCUT2D eigenvalue weighted by atomic mass is 10.0. The molecule has 0 spiro atoms. The molecule has 0 fully saturated rings. The number of hydrogen-bond donors (Lipinski definition) is 1. The molecule has 1 atom stereocenters. The van der Waals surface area contributed by atoms with Crippen molar-refractivity contribution in [3.05, 3.63) is 29.3 Å². The zero-order valence-electron chi connectivity index (χ0n) is 8.78. The first-order valence-corrected chi connectivity index (χ1v) is 5.90. The van der Waals surface area contributed by atoms with Gasteiger partial charge in [-0.15, -0.1) is 0 Å². The molecule has 0 radical (unpaired) electrons. The zero-order valence-corrected chi connectivity index (χ0v) is 9.60. The van der Waals surface area contributed by atoms with E-state index in [2.05, 4.69) is 0 Å². The van der Waals surface area contributed by atoms with E-state index in [1.54, 1.807) is 18.9 Å². The Hall–Kier alpha value is -0.670. The van der Waals surface area contributed by atoms with Crippen LogP contribution >= 0.6 is 11.8 Å². The highest BCUT2D eigenvalue weighted by molar-refractivity contribution is 7.98. The van der Waals surface area contributed by atoms with E-state index in [-0.39, 0.29) is 6.10 Å². The molecule has 0 saturated carbocycles. The first kappa shape index (κ1) is 11.4. The lowest BCUT2D eigenvalue weighted by Crippen LogP contribution is -2.02. The van der Waals surface area contributed by atoms with Gasteiger partial charge in [0.25, 0.3) is 0 Å². The molecule has 0 amide bonds. The van der Waals surface area contributed by atoms with Gasteiger partial charge in [0.2, 0.25) is 0 Å². The molecule has 0 saturated heterocycles. The lowest BCUT2D eigenvalue weighted by molar-refractivity contribution is 0.203. The number of hydrogen-bond acceptors (Lipinski definition) is 3. The van der Waals surface area contributed by atoms with Crippen molar-refractivity contribution < 1.29 is 9.84 Å². The topological polar surface area (TPSA) is 29.5 Å². The van der Waals surface area contributed by atoms with Gasteiger partial charge in [0.05, 0.1) is 13.2 Å². The van der Waals surface area contributed by atoms with Crippen molar-refractivity contribution in [2.45, 2.75) is 13.0 Å². The van der Waals surface area contributed by atoms with Crippen LogP contribution in [0.1, 0.15) is 17.2 Å². The summed E-state index contributed by atoms with van der Waals surface area (Å²) in [6, 6.07) is 5.75. The molecular formula is C11H16O2S. The SMILES string of the molecule is COc1ccc(C(O)CSC)c(C)c1. The fraction of sp³-hybridized carbons (Fsp3) is 0.455. The second-order valence-electron chi connectivity index (χ2n) is 3.19. The number of aliphatic hydroxyl groups is 1. The summed E-state index contributed by atoms with van der Waals surface area (Å²) >= 11 is 1.64. The molecule has 14 heavy (non-hydrogen) atoms. The van der Waals surface area contributed by atoms with Crippen molar-refractivity contribution in [1.82, 2.24) is 0 Å². The quantitative estimate of drug-likeness (QED) is 0.831. The molecule has 0 aliphatic rings. The van der Waals surface area contributed by atoms with Gasteiger partial charge in [-0.05, 0) is 36.4 Å². The van der Waals surface area contributed by atoms with Crippen LogP contribution in [-0.4, -0.2) is 24.2 Å². The number of benzene rings is 1. The number of thioether (sulfide) groups is 1. The van der Waals surface area contributed by atoms with Gasteiger partial charge in [-0.25, -0.2) is 0 Å². The summed E-state index contributed by atoms with van der Waals surface area (Å²) < 4.78 is 5.10. The van der Waals surface area contributed by atoms with Gasteiger partial charge in [0.1, 0.15) is 5.75 Å². The summed E-state index contributed by atoms with van der Waals surface area (Å²) in [5.74, 6) is 1.57. The molecule has 0 bridgehead atoms. The maximum absolute atomic E-state index is 9.80. The molecule has 1 rings (SSSR count). The van der Waals surface area contributed by atoms with Crippen LogP contribution < -0.4 is 4.74 Å². The molecule has 1 aromatic rings. The third-order valence-electron chi connectivity index (χ3n) is 2.16. The Labute approximate surface area is 89.3 Å². The molecule has 1 unspecified atom stereocenters. The molecule has 0 aliphatic heterocycles. The van der Waals surface area contributed by atoms with Crippen LogP contribution in [0, 0.1) is 6.92 Å². The average Bonchev–Trinajstić information content (AvgIpc) is 2.17. The first-order valence-electron chi connectivity index (χ1n) is 4.50. The summed E-state index contributed by atoms with van der Waals surface area (Å²) in [6.07, 6.45) is 1.61. The van der Waals surface area contributed by atoms with E-state index in [4.69, 9.17) is 4.74 Å². The van der Waals surface area contributed by atoms with Gasteiger partial charge in [0, 0.05) is 5.75 Å². The molecule has 0 heterocycles.